The molecule has 0 saturated heterocycles. The van der Waals surface area contributed by atoms with Crippen molar-refractivity contribution in [1.82, 2.24) is 0 Å². The van der Waals surface area contributed by atoms with Gasteiger partial charge in [-0.3, -0.25) is 0 Å². The van der Waals surface area contributed by atoms with Crippen LogP contribution in [0, 0.1) is 6.92 Å². The van der Waals surface area contributed by atoms with Crippen LogP contribution in [0.25, 0.3) is 11.6 Å². The number of hydrogen-bond donors (Lipinski definition) is 2. The van der Waals surface area contributed by atoms with Crippen LogP contribution >= 0.6 is 0 Å². The van der Waals surface area contributed by atoms with Crippen LogP contribution in [-0.4, -0.2) is 23.3 Å². The second-order valence-corrected chi connectivity index (χ2v) is 4.64. The van der Waals surface area contributed by atoms with Crippen molar-refractivity contribution in [3.05, 3.63) is 59.2 Å². The molecule has 0 bridgehead atoms. The molecule has 0 amide bonds. The van der Waals surface area contributed by atoms with Crippen molar-refractivity contribution in [2.75, 3.05) is 7.11 Å². The molecule has 2 aromatic carbocycles. The molecular formula is C17H16O4. The summed E-state index contributed by atoms with van der Waals surface area (Å²) in [6.45, 7) is 1.86. The fourth-order valence-electron chi connectivity index (χ4n) is 2.10. The summed E-state index contributed by atoms with van der Waals surface area (Å²) in [6, 6.07) is 11.7. The number of phenolic OH excluding ortho intramolecular Hbond substituents is 1. The Morgan fingerprint density at radius 2 is 1.95 bits per heavy atom. The lowest BCUT2D eigenvalue weighted by Crippen LogP contribution is -2.00. The van der Waals surface area contributed by atoms with Gasteiger partial charge in [0.05, 0.1) is 12.7 Å². The van der Waals surface area contributed by atoms with Gasteiger partial charge in [-0.25, -0.2) is 4.79 Å². The van der Waals surface area contributed by atoms with Crippen LogP contribution in [-0.2, 0) is 4.79 Å². The topological polar surface area (TPSA) is 66.8 Å². The molecule has 2 rings (SSSR count). The highest BCUT2D eigenvalue weighted by Crippen LogP contribution is 2.25. The fraction of sp³-hybridized carbons (Fsp3) is 0.118. The number of phenols is 1. The summed E-state index contributed by atoms with van der Waals surface area (Å²) in [6.07, 6.45) is 1.53. The molecule has 4 heteroatoms. The Labute approximate surface area is 122 Å². The van der Waals surface area contributed by atoms with Gasteiger partial charge in [-0.2, -0.15) is 0 Å². The molecule has 2 N–H and O–H groups in total. The third kappa shape index (κ3) is 3.42. The van der Waals surface area contributed by atoms with Crippen molar-refractivity contribution in [3.63, 3.8) is 0 Å². The molecule has 2 aromatic rings. The van der Waals surface area contributed by atoms with Crippen LogP contribution < -0.4 is 4.74 Å². The number of benzene rings is 2. The number of hydrogen-bond acceptors (Lipinski definition) is 3. The second-order valence-electron chi connectivity index (χ2n) is 4.64. The number of aromatic hydroxyl groups is 1. The normalized spacial score (nSPS) is 11.2. The minimum absolute atomic E-state index is 0.0967. The molecule has 0 aliphatic heterocycles. The van der Waals surface area contributed by atoms with E-state index >= 15 is 0 Å². The van der Waals surface area contributed by atoms with E-state index in [1.807, 2.05) is 6.92 Å². The predicted octanol–water partition coefficient (Wildman–Crippen LogP) is 3.33. The molecule has 0 aromatic heterocycles. The van der Waals surface area contributed by atoms with Gasteiger partial charge in [0.15, 0.2) is 0 Å². The Morgan fingerprint density at radius 3 is 2.52 bits per heavy atom. The van der Waals surface area contributed by atoms with Crippen LogP contribution in [0.2, 0.25) is 0 Å². The summed E-state index contributed by atoms with van der Waals surface area (Å²) in [4.78, 5) is 11.5. The third-order valence-corrected chi connectivity index (χ3v) is 3.12. The van der Waals surface area contributed by atoms with E-state index in [1.165, 1.54) is 18.2 Å². The van der Waals surface area contributed by atoms with Crippen molar-refractivity contribution in [1.29, 1.82) is 0 Å². The van der Waals surface area contributed by atoms with Gasteiger partial charge in [-0.1, -0.05) is 18.2 Å². The van der Waals surface area contributed by atoms with Gasteiger partial charge >= 0.3 is 5.97 Å². The molecule has 0 spiro atoms. The van der Waals surface area contributed by atoms with Gasteiger partial charge in [-0.05, 0) is 54.0 Å². The molecule has 0 radical (unpaired) electrons. The lowest BCUT2D eigenvalue weighted by Gasteiger charge is -2.08. The van der Waals surface area contributed by atoms with E-state index < -0.39 is 5.97 Å². The summed E-state index contributed by atoms with van der Waals surface area (Å²) in [5, 5.41) is 18.9. The third-order valence-electron chi connectivity index (χ3n) is 3.12. The van der Waals surface area contributed by atoms with Gasteiger partial charge in [0.2, 0.25) is 0 Å². The Kier molecular flexibility index (Phi) is 4.28. The minimum Gasteiger partial charge on any atom is -0.508 e. The number of carboxylic acid groups (broad SMARTS) is 1. The number of rotatable bonds is 4. The van der Waals surface area contributed by atoms with Crippen molar-refractivity contribution in [3.8, 4) is 11.5 Å². The maximum atomic E-state index is 11.5. The van der Waals surface area contributed by atoms with E-state index in [2.05, 4.69) is 0 Å². The number of aryl methyl sites for hydroxylation is 1. The van der Waals surface area contributed by atoms with Gasteiger partial charge in [0.1, 0.15) is 11.5 Å². The molecule has 21 heavy (non-hydrogen) atoms. The maximum absolute atomic E-state index is 11.5. The zero-order valence-corrected chi connectivity index (χ0v) is 11.8. The molecule has 108 valence electrons. The average molecular weight is 284 g/mol. The molecule has 4 nitrogen and oxygen atoms in total. The standard InChI is InChI=1S/C17H16O4/c1-11-8-13(6-7-16(11)21-2)15(17(19)20)10-12-4-3-5-14(18)9-12/h3-10,18H,1-2H3,(H,19,20)/b15-10-. The molecular weight excluding hydrogens is 268 g/mol. The van der Waals surface area contributed by atoms with Crippen LogP contribution in [0.4, 0.5) is 0 Å². The first-order valence-corrected chi connectivity index (χ1v) is 6.40. The highest BCUT2D eigenvalue weighted by atomic mass is 16.5. The number of aliphatic carboxylic acids is 1. The fourth-order valence-corrected chi connectivity index (χ4v) is 2.10. The molecule has 0 atom stereocenters. The largest absolute Gasteiger partial charge is 0.508 e. The Hall–Kier alpha value is -2.75. The Morgan fingerprint density at radius 1 is 1.19 bits per heavy atom. The molecule has 0 heterocycles. The van der Waals surface area contributed by atoms with E-state index in [0.717, 1.165) is 5.56 Å². The zero-order valence-electron chi connectivity index (χ0n) is 11.8. The summed E-state index contributed by atoms with van der Waals surface area (Å²) >= 11 is 0. The van der Waals surface area contributed by atoms with E-state index in [9.17, 15) is 15.0 Å². The number of methoxy groups -OCH3 is 1. The number of ether oxygens (including phenoxy) is 1. The lowest BCUT2D eigenvalue weighted by molar-refractivity contribution is -0.130. The van der Waals surface area contributed by atoms with Crippen LogP contribution in [0.5, 0.6) is 11.5 Å². The first-order valence-electron chi connectivity index (χ1n) is 6.40. The van der Waals surface area contributed by atoms with Crippen molar-refractivity contribution in [2.24, 2.45) is 0 Å². The second kappa shape index (κ2) is 6.13. The summed E-state index contributed by atoms with van der Waals surface area (Å²) < 4.78 is 5.17. The smallest absolute Gasteiger partial charge is 0.336 e. The van der Waals surface area contributed by atoms with Crippen LogP contribution in [0.3, 0.4) is 0 Å². The van der Waals surface area contributed by atoms with E-state index in [4.69, 9.17) is 4.74 Å². The molecule has 0 aliphatic rings. The van der Waals surface area contributed by atoms with Crippen molar-refractivity contribution >= 4 is 17.6 Å². The number of carbonyl (C=O) groups is 1. The van der Waals surface area contributed by atoms with Crippen LogP contribution in [0.1, 0.15) is 16.7 Å². The SMILES string of the molecule is COc1ccc(/C(=C/c2cccc(O)c2)C(=O)O)cc1C. The summed E-state index contributed by atoms with van der Waals surface area (Å²) in [7, 11) is 1.57. The summed E-state index contributed by atoms with van der Waals surface area (Å²) in [5.74, 6) is -0.219. The van der Waals surface area contributed by atoms with Gasteiger partial charge < -0.3 is 14.9 Å². The average Bonchev–Trinajstić information content (AvgIpc) is 2.44. The lowest BCUT2D eigenvalue weighted by atomic mass is 10.0. The van der Waals surface area contributed by atoms with Gasteiger partial charge in [0, 0.05) is 0 Å². The minimum atomic E-state index is -1.03. The van der Waals surface area contributed by atoms with E-state index in [0.29, 0.717) is 16.9 Å². The van der Waals surface area contributed by atoms with Crippen molar-refractivity contribution in [2.45, 2.75) is 6.92 Å². The van der Waals surface area contributed by atoms with Gasteiger partial charge in [-0.15, -0.1) is 0 Å². The first kappa shape index (κ1) is 14.7. The molecule has 0 fully saturated rings. The van der Waals surface area contributed by atoms with Crippen LogP contribution in [0.15, 0.2) is 42.5 Å². The van der Waals surface area contributed by atoms with Gasteiger partial charge in [0.25, 0.3) is 0 Å². The molecule has 0 saturated carbocycles. The zero-order chi connectivity index (χ0) is 15.4. The highest BCUT2D eigenvalue weighted by molar-refractivity contribution is 6.20. The summed E-state index contributed by atoms with van der Waals surface area (Å²) in [5.41, 5.74) is 2.23. The van der Waals surface area contributed by atoms with E-state index in [-0.39, 0.29) is 11.3 Å². The monoisotopic (exact) mass is 284 g/mol. The quantitative estimate of drug-likeness (QED) is 0.667. The first-order chi connectivity index (χ1) is 10.0. The maximum Gasteiger partial charge on any atom is 0.336 e. The number of carboxylic acids is 1. The Bertz CT molecular complexity index is 702. The molecule has 0 unspecified atom stereocenters. The van der Waals surface area contributed by atoms with E-state index in [1.54, 1.807) is 37.4 Å². The Balaban J connectivity index is 2.49. The predicted molar refractivity (Wildman–Crippen MR) is 81.3 cm³/mol. The highest BCUT2D eigenvalue weighted by Gasteiger charge is 2.12. The van der Waals surface area contributed by atoms with Crippen molar-refractivity contribution < 1.29 is 19.7 Å². The molecule has 0 aliphatic carbocycles.